The molecule has 0 atom stereocenters. The Balaban J connectivity index is 0.00000386. The van der Waals surface area contributed by atoms with Crippen molar-refractivity contribution in [3.05, 3.63) is 131 Å². The maximum Gasteiger partial charge on any atom is 2.00 e. The van der Waals surface area contributed by atoms with Crippen molar-refractivity contribution in [2.45, 2.75) is 60.8 Å². The summed E-state index contributed by atoms with van der Waals surface area (Å²) in [4.78, 5) is 4.75. The van der Waals surface area contributed by atoms with Crippen molar-refractivity contribution in [2.24, 2.45) is 0 Å². The maximum atomic E-state index is 6.55. The maximum absolute atomic E-state index is 6.55. The van der Waals surface area contributed by atoms with Gasteiger partial charge in [0.15, 0.2) is 0 Å². The first-order valence-electron chi connectivity index (χ1n) is 16.0. The average molecular weight is 798 g/mol. The van der Waals surface area contributed by atoms with Crippen molar-refractivity contribution >= 4 is 21.8 Å². The predicted molar refractivity (Wildman–Crippen MR) is 188 cm³/mol. The molecule has 0 aliphatic heterocycles. The SMILES string of the molecule is CCc1ccnc(-n2c3[c-]c(Oc4[c-]c(-n5cc(-c6c(C)c(C)cc(C)c6C)cn5)cc(C(C)C)c4)ccc3c3ccccc32)c1.[Pt+2]. The molecular weight excluding hydrogens is 760 g/mol. The van der Waals surface area contributed by atoms with E-state index < -0.39 is 0 Å². The molecule has 0 aliphatic rings. The van der Waals surface area contributed by atoms with Gasteiger partial charge in [-0.3, -0.25) is 4.68 Å². The van der Waals surface area contributed by atoms with Crippen LogP contribution in [-0.2, 0) is 27.5 Å². The molecule has 0 radical (unpaired) electrons. The van der Waals surface area contributed by atoms with Crippen molar-refractivity contribution in [1.29, 1.82) is 0 Å². The number of aryl methyl sites for hydroxylation is 3. The van der Waals surface area contributed by atoms with E-state index in [1.807, 2.05) is 23.1 Å². The molecule has 3 heterocycles. The van der Waals surface area contributed by atoms with E-state index in [0.29, 0.717) is 17.4 Å². The smallest absolute Gasteiger partial charge is 0.509 e. The summed E-state index contributed by atoms with van der Waals surface area (Å²) < 4.78 is 10.6. The van der Waals surface area contributed by atoms with Crippen LogP contribution in [0.25, 0.3) is 44.4 Å². The first-order chi connectivity index (χ1) is 22.2. The minimum absolute atomic E-state index is 0. The summed E-state index contributed by atoms with van der Waals surface area (Å²) in [6.45, 7) is 15.3. The fraction of sp³-hybridized carbons (Fsp3) is 0.220. The molecule has 0 fully saturated rings. The van der Waals surface area contributed by atoms with Gasteiger partial charge in [0.05, 0.1) is 6.20 Å². The second-order valence-electron chi connectivity index (χ2n) is 12.5. The van der Waals surface area contributed by atoms with Gasteiger partial charge in [-0.1, -0.05) is 50.6 Å². The van der Waals surface area contributed by atoms with Gasteiger partial charge in [-0.25, -0.2) is 4.98 Å². The second-order valence-corrected chi connectivity index (χ2v) is 12.5. The van der Waals surface area contributed by atoms with Crippen LogP contribution in [0.15, 0.2) is 85.3 Å². The van der Waals surface area contributed by atoms with Crippen molar-refractivity contribution in [3.63, 3.8) is 0 Å². The molecule has 0 spiro atoms. The number of para-hydroxylation sites is 1. The van der Waals surface area contributed by atoms with E-state index in [0.717, 1.165) is 50.9 Å². The molecule has 4 aromatic carbocycles. The third-order valence-corrected chi connectivity index (χ3v) is 9.23. The first-order valence-corrected chi connectivity index (χ1v) is 16.0. The van der Waals surface area contributed by atoms with Crippen molar-refractivity contribution in [1.82, 2.24) is 19.3 Å². The number of fused-ring (bicyclic) bond motifs is 3. The van der Waals surface area contributed by atoms with Gasteiger partial charge in [0.2, 0.25) is 0 Å². The molecule has 5 nitrogen and oxygen atoms in total. The zero-order chi connectivity index (χ0) is 32.1. The quantitative estimate of drug-likeness (QED) is 0.151. The zero-order valence-electron chi connectivity index (χ0n) is 27.9. The number of aromatic nitrogens is 4. The van der Waals surface area contributed by atoms with Crippen LogP contribution in [0.4, 0.5) is 0 Å². The fourth-order valence-electron chi connectivity index (χ4n) is 6.39. The molecule has 0 saturated carbocycles. The van der Waals surface area contributed by atoms with Crippen LogP contribution in [0.2, 0.25) is 0 Å². The second kappa shape index (κ2) is 13.0. The molecule has 238 valence electrons. The number of rotatable bonds is 7. The van der Waals surface area contributed by atoms with Crippen molar-refractivity contribution < 1.29 is 25.8 Å². The Kier molecular flexibility index (Phi) is 8.96. The standard InChI is InChI=1S/C41H38N4O.Pt/c1-8-30-15-16-42-40(18-30)45-38-12-10-9-11-36(38)37-14-13-34(22-39(37)45)46-35-20-31(25(2)3)19-33(21-35)44-24-32(23-43-44)41-28(6)26(4)17-27(5)29(41)7;/h9-20,23-25H,8H2,1-7H3;/q-2;+2. The van der Waals surface area contributed by atoms with E-state index in [-0.39, 0.29) is 21.1 Å². The number of benzene rings is 4. The monoisotopic (exact) mass is 797 g/mol. The molecule has 0 N–H and O–H groups in total. The van der Waals surface area contributed by atoms with E-state index in [1.54, 1.807) is 0 Å². The van der Waals surface area contributed by atoms with Gasteiger partial charge in [0, 0.05) is 35.0 Å². The van der Waals surface area contributed by atoms with E-state index >= 15 is 0 Å². The van der Waals surface area contributed by atoms with E-state index in [4.69, 9.17) is 14.8 Å². The van der Waals surface area contributed by atoms with Gasteiger partial charge in [0.1, 0.15) is 5.82 Å². The van der Waals surface area contributed by atoms with Crippen LogP contribution in [0.5, 0.6) is 11.5 Å². The molecule has 0 saturated heterocycles. The summed E-state index contributed by atoms with van der Waals surface area (Å²) in [5, 5.41) is 7.05. The number of hydrogen-bond acceptors (Lipinski definition) is 3. The normalized spacial score (nSPS) is 11.4. The van der Waals surface area contributed by atoms with Gasteiger partial charge < -0.3 is 9.30 Å². The average Bonchev–Trinajstić information content (AvgIpc) is 3.67. The Bertz CT molecular complexity index is 2230. The molecule has 0 bridgehead atoms. The van der Waals surface area contributed by atoms with E-state index in [9.17, 15) is 0 Å². The number of nitrogens with zero attached hydrogens (tertiary/aromatic N) is 4. The van der Waals surface area contributed by atoms with Gasteiger partial charge in [0.25, 0.3) is 0 Å². The Labute approximate surface area is 291 Å². The van der Waals surface area contributed by atoms with Crippen LogP contribution in [0.3, 0.4) is 0 Å². The molecule has 47 heavy (non-hydrogen) atoms. The summed E-state index contributed by atoms with van der Waals surface area (Å²) in [5.41, 5.74) is 12.7. The van der Waals surface area contributed by atoms with E-state index in [1.165, 1.54) is 33.4 Å². The van der Waals surface area contributed by atoms with E-state index in [2.05, 4.69) is 132 Å². The molecule has 7 rings (SSSR count). The van der Waals surface area contributed by atoms with Crippen molar-refractivity contribution in [3.8, 4) is 34.1 Å². The molecule has 0 amide bonds. The van der Waals surface area contributed by atoms with Gasteiger partial charge >= 0.3 is 21.1 Å². The summed E-state index contributed by atoms with van der Waals surface area (Å²) in [7, 11) is 0. The Hall–Kier alpha value is -4.47. The third-order valence-electron chi connectivity index (χ3n) is 9.23. The minimum Gasteiger partial charge on any atom is -0.509 e. The van der Waals surface area contributed by atoms with Crippen LogP contribution in [-0.4, -0.2) is 19.3 Å². The number of pyridine rings is 1. The first kappa shape index (κ1) is 32.5. The van der Waals surface area contributed by atoms with Gasteiger partial charge in [-0.05, 0) is 103 Å². The molecule has 0 aliphatic carbocycles. The number of hydrogen-bond donors (Lipinski definition) is 0. The van der Waals surface area contributed by atoms with Gasteiger partial charge in [-0.2, -0.15) is 11.2 Å². The molecule has 6 heteroatoms. The third kappa shape index (κ3) is 5.94. The van der Waals surface area contributed by atoms with Crippen LogP contribution in [0, 0.1) is 39.8 Å². The summed E-state index contributed by atoms with van der Waals surface area (Å²) in [6.07, 6.45) is 6.87. The van der Waals surface area contributed by atoms with Gasteiger partial charge in [-0.15, -0.1) is 41.3 Å². The Morgan fingerprint density at radius 1 is 0.830 bits per heavy atom. The molecule has 7 aromatic rings. The van der Waals surface area contributed by atoms with Crippen LogP contribution in [0.1, 0.15) is 60.1 Å². The largest absolute Gasteiger partial charge is 2.00 e. The topological polar surface area (TPSA) is 44.9 Å². The minimum atomic E-state index is 0. The number of ether oxygens (including phenoxy) is 1. The molecule has 0 unspecified atom stereocenters. The molecule has 3 aromatic heterocycles. The van der Waals surface area contributed by atoms with Crippen molar-refractivity contribution in [2.75, 3.05) is 0 Å². The Morgan fingerprint density at radius 2 is 1.60 bits per heavy atom. The summed E-state index contributed by atoms with van der Waals surface area (Å²) in [6, 6.07) is 30.3. The summed E-state index contributed by atoms with van der Waals surface area (Å²) >= 11 is 0. The summed E-state index contributed by atoms with van der Waals surface area (Å²) in [5.74, 6) is 2.41. The Morgan fingerprint density at radius 3 is 2.34 bits per heavy atom. The fourth-order valence-corrected chi connectivity index (χ4v) is 6.39. The molecular formula is C41H38N4OPt. The van der Waals surface area contributed by atoms with Crippen LogP contribution >= 0.6 is 0 Å². The van der Waals surface area contributed by atoms with Crippen LogP contribution < -0.4 is 4.74 Å². The zero-order valence-corrected chi connectivity index (χ0v) is 30.2. The predicted octanol–water partition coefficient (Wildman–Crippen LogP) is 10.3.